The molecule has 2 rings (SSSR count). The first kappa shape index (κ1) is 10.6. The van der Waals surface area contributed by atoms with E-state index < -0.39 is 0 Å². The normalized spacial score (nSPS) is 15.1. The second-order valence-corrected chi connectivity index (χ2v) is 4.07. The molecule has 6 N–H and O–H groups in total. The lowest BCUT2D eigenvalue weighted by molar-refractivity contribution is 0.431. The molecule has 1 aliphatic rings. The van der Waals surface area contributed by atoms with Crippen molar-refractivity contribution >= 4 is 17.1 Å². The van der Waals surface area contributed by atoms with Crippen molar-refractivity contribution in [1.82, 2.24) is 5.01 Å². The van der Waals surface area contributed by atoms with Crippen LogP contribution in [0.5, 0.6) is 0 Å². The van der Waals surface area contributed by atoms with Crippen LogP contribution in [-0.2, 0) is 0 Å². The van der Waals surface area contributed by atoms with Gasteiger partial charge in [-0.2, -0.15) is 0 Å². The van der Waals surface area contributed by atoms with Crippen LogP contribution in [-0.4, -0.2) is 25.6 Å². The molecule has 1 heterocycles. The maximum atomic E-state index is 6.10. The summed E-state index contributed by atoms with van der Waals surface area (Å²) in [5, 5.41) is 1.55. The minimum atomic E-state index is 0.667. The zero-order chi connectivity index (χ0) is 11.9. The summed E-state index contributed by atoms with van der Waals surface area (Å²) in [7, 11) is 3.76. The van der Waals surface area contributed by atoms with E-state index in [1.54, 1.807) is 12.1 Å². The highest BCUT2D eigenvalue weighted by Gasteiger charge is 2.23. The van der Waals surface area contributed by atoms with Gasteiger partial charge in [-0.05, 0) is 6.07 Å². The van der Waals surface area contributed by atoms with Crippen LogP contribution in [0.15, 0.2) is 23.9 Å². The van der Waals surface area contributed by atoms with Crippen molar-refractivity contribution < 1.29 is 0 Å². The number of benzene rings is 1. The standard InChI is InChI=1S/C11H17N5/c1-15-6-9(16(2)14)10(13)7-4-3-5-8(12)11(7)15/h3-5H,6,12-14H2,1-2H3. The molecule has 5 heteroatoms. The van der Waals surface area contributed by atoms with E-state index in [2.05, 4.69) is 4.90 Å². The molecular weight excluding hydrogens is 202 g/mol. The summed E-state index contributed by atoms with van der Waals surface area (Å²) < 4.78 is 0. The second kappa shape index (κ2) is 3.61. The predicted octanol–water partition coefficient (Wildman–Crippen LogP) is 0.151. The molecule has 0 unspecified atom stereocenters. The van der Waals surface area contributed by atoms with E-state index in [0.29, 0.717) is 12.2 Å². The molecular formula is C11H17N5. The SMILES string of the molecule is CN(N)C1=C(N)c2cccc(N)c2N(C)C1. The summed E-state index contributed by atoms with van der Waals surface area (Å²) in [6.45, 7) is 0.667. The van der Waals surface area contributed by atoms with Crippen molar-refractivity contribution in [1.29, 1.82) is 0 Å². The third-order valence-electron chi connectivity index (χ3n) is 2.86. The van der Waals surface area contributed by atoms with Crippen molar-refractivity contribution in [3.63, 3.8) is 0 Å². The fourth-order valence-electron chi connectivity index (χ4n) is 2.05. The molecule has 0 atom stereocenters. The Bertz CT molecular complexity index is 450. The lowest BCUT2D eigenvalue weighted by Gasteiger charge is -2.33. The summed E-state index contributed by atoms with van der Waals surface area (Å²) in [6, 6.07) is 5.73. The molecule has 1 aliphatic heterocycles. The lowest BCUT2D eigenvalue weighted by Crippen LogP contribution is -2.38. The van der Waals surface area contributed by atoms with E-state index in [9.17, 15) is 0 Å². The van der Waals surface area contributed by atoms with Crippen LogP contribution < -0.4 is 22.2 Å². The van der Waals surface area contributed by atoms with Crippen molar-refractivity contribution in [2.45, 2.75) is 0 Å². The van der Waals surface area contributed by atoms with Crippen LogP contribution in [0.1, 0.15) is 5.56 Å². The highest BCUT2D eigenvalue weighted by Crippen LogP contribution is 2.35. The quantitative estimate of drug-likeness (QED) is 0.356. The van der Waals surface area contributed by atoms with Gasteiger partial charge in [0.1, 0.15) is 0 Å². The van der Waals surface area contributed by atoms with Gasteiger partial charge < -0.3 is 21.4 Å². The Morgan fingerprint density at radius 3 is 2.62 bits per heavy atom. The number of anilines is 2. The van der Waals surface area contributed by atoms with Gasteiger partial charge in [-0.25, -0.2) is 5.84 Å². The van der Waals surface area contributed by atoms with Gasteiger partial charge in [-0.1, -0.05) is 12.1 Å². The Balaban J connectivity index is 2.63. The van der Waals surface area contributed by atoms with E-state index in [-0.39, 0.29) is 0 Å². The molecule has 1 aromatic rings. The minimum absolute atomic E-state index is 0.667. The Labute approximate surface area is 95.1 Å². The molecule has 0 amide bonds. The van der Waals surface area contributed by atoms with Gasteiger partial charge in [0.2, 0.25) is 0 Å². The van der Waals surface area contributed by atoms with Gasteiger partial charge in [0.05, 0.1) is 29.3 Å². The fraction of sp³-hybridized carbons (Fsp3) is 0.273. The van der Waals surface area contributed by atoms with Gasteiger partial charge in [0, 0.05) is 19.7 Å². The number of hydrogen-bond acceptors (Lipinski definition) is 5. The Kier molecular flexibility index (Phi) is 2.40. The Morgan fingerprint density at radius 1 is 1.31 bits per heavy atom. The molecule has 0 aromatic heterocycles. The lowest BCUT2D eigenvalue weighted by atomic mass is 10.0. The monoisotopic (exact) mass is 219 g/mol. The smallest absolute Gasteiger partial charge is 0.0717 e. The molecule has 0 aliphatic carbocycles. The molecule has 86 valence electrons. The average Bonchev–Trinajstić information content (AvgIpc) is 2.22. The van der Waals surface area contributed by atoms with Crippen LogP contribution in [0.4, 0.5) is 11.4 Å². The van der Waals surface area contributed by atoms with Gasteiger partial charge in [-0.3, -0.25) is 0 Å². The van der Waals surface area contributed by atoms with Gasteiger partial charge in [0.15, 0.2) is 0 Å². The second-order valence-electron chi connectivity index (χ2n) is 4.07. The fourth-order valence-corrected chi connectivity index (χ4v) is 2.05. The first-order valence-corrected chi connectivity index (χ1v) is 5.09. The van der Waals surface area contributed by atoms with Crippen LogP contribution in [0.2, 0.25) is 0 Å². The van der Waals surface area contributed by atoms with E-state index >= 15 is 0 Å². The van der Waals surface area contributed by atoms with Gasteiger partial charge in [0.25, 0.3) is 0 Å². The predicted molar refractivity (Wildman–Crippen MR) is 67.2 cm³/mol. The third kappa shape index (κ3) is 1.45. The van der Waals surface area contributed by atoms with Crippen molar-refractivity contribution in [3.8, 4) is 0 Å². The van der Waals surface area contributed by atoms with E-state index in [1.165, 1.54) is 0 Å². The van der Waals surface area contributed by atoms with Crippen molar-refractivity contribution in [2.75, 3.05) is 31.3 Å². The first-order valence-electron chi connectivity index (χ1n) is 5.09. The van der Waals surface area contributed by atoms with Gasteiger partial charge in [-0.15, -0.1) is 0 Å². The molecule has 5 nitrogen and oxygen atoms in total. The number of hydrogen-bond donors (Lipinski definition) is 3. The van der Waals surface area contributed by atoms with Crippen LogP contribution >= 0.6 is 0 Å². The topological polar surface area (TPSA) is 84.5 Å². The average molecular weight is 219 g/mol. The maximum absolute atomic E-state index is 6.10. The van der Waals surface area contributed by atoms with E-state index in [4.69, 9.17) is 17.3 Å². The summed E-state index contributed by atoms with van der Waals surface area (Å²) >= 11 is 0. The zero-order valence-corrected chi connectivity index (χ0v) is 9.57. The molecule has 0 spiro atoms. The molecule has 16 heavy (non-hydrogen) atoms. The number of hydrazine groups is 1. The summed E-state index contributed by atoms with van der Waals surface area (Å²) in [4.78, 5) is 2.06. The number of nitrogen functional groups attached to an aromatic ring is 1. The van der Waals surface area contributed by atoms with Crippen LogP contribution in [0.25, 0.3) is 5.70 Å². The molecule has 0 bridgehead atoms. The van der Waals surface area contributed by atoms with E-state index in [1.807, 2.05) is 25.2 Å². The summed E-state index contributed by atoms with van der Waals surface area (Å²) in [6.07, 6.45) is 0. The number of nitrogens with two attached hydrogens (primary N) is 3. The largest absolute Gasteiger partial charge is 0.397 e. The number of fused-ring (bicyclic) bond motifs is 1. The maximum Gasteiger partial charge on any atom is 0.0717 e. The van der Waals surface area contributed by atoms with Crippen molar-refractivity contribution in [2.24, 2.45) is 11.6 Å². The minimum Gasteiger partial charge on any atom is -0.397 e. The van der Waals surface area contributed by atoms with E-state index in [0.717, 1.165) is 22.6 Å². The van der Waals surface area contributed by atoms with Crippen LogP contribution in [0, 0.1) is 0 Å². The Morgan fingerprint density at radius 2 is 2.00 bits per heavy atom. The number of nitrogens with zero attached hydrogens (tertiary/aromatic N) is 2. The highest BCUT2D eigenvalue weighted by atomic mass is 15.4. The summed E-state index contributed by atoms with van der Waals surface area (Å²) in [5.74, 6) is 5.75. The van der Waals surface area contributed by atoms with Gasteiger partial charge >= 0.3 is 0 Å². The highest BCUT2D eigenvalue weighted by molar-refractivity contribution is 5.87. The molecule has 0 radical (unpaired) electrons. The molecule has 0 fully saturated rings. The zero-order valence-electron chi connectivity index (χ0n) is 9.57. The Hall–Kier alpha value is -1.88. The molecule has 1 aromatic carbocycles. The van der Waals surface area contributed by atoms with Crippen molar-refractivity contribution in [3.05, 3.63) is 29.5 Å². The molecule has 0 saturated carbocycles. The number of rotatable bonds is 1. The number of likely N-dealkylation sites (N-methyl/N-ethyl adjacent to an activating group) is 2. The number of para-hydroxylation sites is 1. The summed E-state index contributed by atoms with van der Waals surface area (Å²) in [5.41, 5.74) is 16.3. The first-order chi connectivity index (χ1) is 7.52. The van der Waals surface area contributed by atoms with Crippen LogP contribution in [0.3, 0.4) is 0 Å². The molecule has 0 saturated heterocycles. The third-order valence-corrected chi connectivity index (χ3v) is 2.86.